The Morgan fingerprint density at radius 3 is 2.60 bits per heavy atom. The Kier molecular flexibility index (Phi) is 6.42. The van der Waals surface area contributed by atoms with Gasteiger partial charge in [-0.15, -0.1) is 0 Å². The SMILES string of the molecule is Cc1cc(NC(=O)Nc2cccc(Cl)c2C)n(-c2cccc(CC(C)C(=O)O)c2)n1. The molecule has 30 heavy (non-hydrogen) atoms. The maximum atomic E-state index is 12.6. The third-order valence-electron chi connectivity index (χ3n) is 4.71. The molecular weight excluding hydrogens is 404 g/mol. The second-order valence-electron chi connectivity index (χ2n) is 7.19. The second-order valence-corrected chi connectivity index (χ2v) is 7.59. The lowest BCUT2D eigenvalue weighted by atomic mass is 10.0. The number of nitrogens with zero attached hydrogens (tertiary/aromatic N) is 2. The van der Waals surface area contributed by atoms with Crippen LogP contribution >= 0.6 is 11.6 Å². The van der Waals surface area contributed by atoms with Crippen molar-refractivity contribution in [3.05, 3.63) is 70.4 Å². The molecule has 0 aliphatic carbocycles. The number of aliphatic carboxylic acids is 1. The molecule has 0 fully saturated rings. The highest BCUT2D eigenvalue weighted by atomic mass is 35.5. The molecular formula is C22H23ClN4O3. The molecule has 0 saturated heterocycles. The van der Waals surface area contributed by atoms with Crippen LogP contribution in [-0.4, -0.2) is 26.9 Å². The van der Waals surface area contributed by atoms with Crippen LogP contribution in [0.1, 0.15) is 23.7 Å². The molecule has 156 valence electrons. The predicted octanol–water partition coefficient (Wildman–Crippen LogP) is 5.05. The number of benzene rings is 2. The number of urea groups is 1. The standard InChI is InChI=1S/C22H23ClN4O3/c1-13(21(28)29)10-16-6-4-7-17(12-16)27-20(11-14(2)26-27)25-22(30)24-19-9-5-8-18(23)15(19)3/h4-9,11-13H,10H2,1-3H3,(H,28,29)(H2,24,25,30). The number of carboxylic acids is 1. The highest BCUT2D eigenvalue weighted by Gasteiger charge is 2.15. The molecule has 2 aromatic carbocycles. The average Bonchev–Trinajstić information content (AvgIpc) is 3.05. The molecule has 7 nitrogen and oxygen atoms in total. The van der Waals surface area contributed by atoms with E-state index in [4.69, 9.17) is 16.7 Å². The average molecular weight is 427 g/mol. The number of halogens is 1. The number of anilines is 2. The molecule has 0 aliphatic heterocycles. The summed E-state index contributed by atoms with van der Waals surface area (Å²) in [6, 6.07) is 14.1. The summed E-state index contributed by atoms with van der Waals surface area (Å²) >= 11 is 6.11. The molecule has 3 N–H and O–H groups in total. The van der Waals surface area contributed by atoms with E-state index >= 15 is 0 Å². The molecule has 8 heteroatoms. The maximum absolute atomic E-state index is 12.6. The van der Waals surface area contributed by atoms with Gasteiger partial charge in [0.15, 0.2) is 0 Å². The largest absolute Gasteiger partial charge is 0.481 e. The zero-order valence-electron chi connectivity index (χ0n) is 16.9. The molecule has 0 saturated carbocycles. The van der Waals surface area contributed by atoms with Crippen LogP contribution in [0.2, 0.25) is 5.02 Å². The van der Waals surface area contributed by atoms with Gasteiger partial charge < -0.3 is 10.4 Å². The fraction of sp³-hybridized carbons (Fsp3) is 0.227. The van der Waals surface area contributed by atoms with E-state index in [1.54, 1.807) is 35.9 Å². The lowest BCUT2D eigenvalue weighted by Crippen LogP contribution is -2.21. The van der Waals surface area contributed by atoms with Crippen LogP contribution in [0.3, 0.4) is 0 Å². The van der Waals surface area contributed by atoms with E-state index in [0.29, 0.717) is 22.9 Å². The number of carbonyl (C=O) groups is 2. The van der Waals surface area contributed by atoms with Crippen molar-refractivity contribution in [3.8, 4) is 5.69 Å². The van der Waals surface area contributed by atoms with Gasteiger partial charge in [0.05, 0.1) is 17.3 Å². The molecule has 0 aliphatic rings. The lowest BCUT2D eigenvalue weighted by Gasteiger charge is -2.13. The van der Waals surface area contributed by atoms with Crippen LogP contribution in [0, 0.1) is 19.8 Å². The third kappa shape index (κ3) is 4.99. The topological polar surface area (TPSA) is 96.2 Å². The van der Waals surface area contributed by atoms with Gasteiger partial charge >= 0.3 is 12.0 Å². The Morgan fingerprint density at radius 2 is 1.87 bits per heavy atom. The van der Waals surface area contributed by atoms with Crippen molar-refractivity contribution < 1.29 is 14.7 Å². The van der Waals surface area contributed by atoms with Gasteiger partial charge in [0.2, 0.25) is 0 Å². The third-order valence-corrected chi connectivity index (χ3v) is 5.12. The Bertz CT molecular complexity index is 1090. The fourth-order valence-corrected chi connectivity index (χ4v) is 3.23. The van der Waals surface area contributed by atoms with Crippen molar-refractivity contribution in [1.29, 1.82) is 0 Å². The monoisotopic (exact) mass is 426 g/mol. The van der Waals surface area contributed by atoms with Gasteiger partial charge in [-0.1, -0.05) is 36.7 Å². The van der Waals surface area contributed by atoms with E-state index in [2.05, 4.69) is 15.7 Å². The van der Waals surface area contributed by atoms with Crippen molar-refractivity contribution in [3.63, 3.8) is 0 Å². The summed E-state index contributed by atoms with van der Waals surface area (Å²) in [5.74, 6) is -0.845. The Labute approximate surface area is 179 Å². The van der Waals surface area contributed by atoms with E-state index in [1.807, 2.05) is 38.1 Å². The number of aromatic nitrogens is 2. The Hall–Kier alpha value is -3.32. The van der Waals surface area contributed by atoms with Crippen molar-refractivity contribution in [2.24, 2.45) is 5.92 Å². The summed E-state index contributed by atoms with van der Waals surface area (Å²) in [6.07, 6.45) is 0.403. The normalized spacial score (nSPS) is 11.7. The number of nitrogens with one attached hydrogen (secondary N) is 2. The van der Waals surface area contributed by atoms with Crippen LogP contribution in [0.5, 0.6) is 0 Å². The van der Waals surface area contributed by atoms with Gasteiger partial charge in [-0.05, 0) is 55.7 Å². The van der Waals surface area contributed by atoms with Gasteiger partial charge in [-0.3, -0.25) is 10.1 Å². The van der Waals surface area contributed by atoms with Crippen LogP contribution in [0.4, 0.5) is 16.3 Å². The zero-order valence-corrected chi connectivity index (χ0v) is 17.7. The van der Waals surface area contributed by atoms with Crippen molar-refractivity contribution in [2.75, 3.05) is 10.6 Å². The van der Waals surface area contributed by atoms with Gasteiger partial charge in [-0.25, -0.2) is 9.48 Å². The van der Waals surface area contributed by atoms with E-state index in [9.17, 15) is 9.59 Å². The minimum absolute atomic E-state index is 0.403. The smallest absolute Gasteiger partial charge is 0.324 e. The van der Waals surface area contributed by atoms with Gasteiger partial charge in [0, 0.05) is 16.8 Å². The summed E-state index contributed by atoms with van der Waals surface area (Å²) in [7, 11) is 0. The first-order chi connectivity index (χ1) is 14.2. The van der Waals surface area contributed by atoms with Crippen LogP contribution in [0.15, 0.2) is 48.5 Å². The first-order valence-electron chi connectivity index (χ1n) is 9.46. The van der Waals surface area contributed by atoms with Gasteiger partial charge in [0.25, 0.3) is 0 Å². The first-order valence-corrected chi connectivity index (χ1v) is 9.84. The molecule has 1 aromatic heterocycles. The number of carboxylic acid groups (broad SMARTS) is 1. The van der Waals surface area contributed by atoms with E-state index in [0.717, 1.165) is 22.5 Å². The summed E-state index contributed by atoms with van der Waals surface area (Å²) in [5.41, 5.74) is 3.73. The van der Waals surface area contributed by atoms with Crippen molar-refractivity contribution in [2.45, 2.75) is 27.2 Å². The van der Waals surface area contributed by atoms with Crippen LogP contribution in [0.25, 0.3) is 5.69 Å². The van der Waals surface area contributed by atoms with Crippen LogP contribution in [-0.2, 0) is 11.2 Å². The minimum Gasteiger partial charge on any atom is -0.481 e. The minimum atomic E-state index is -0.842. The highest BCUT2D eigenvalue weighted by Crippen LogP contribution is 2.24. The number of amides is 2. The molecule has 3 aromatic rings. The van der Waals surface area contributed by atoms with Crippen molar-refractivity contribution in [1.82, 2.24) is 9.78 Å². The quantitative estimate of drug-likeness (QED) is 0.513. The predicted molar refractivity (Wildman–Crippen MR) is 118 cm³/mol. The summed E-state index contributed by atoms with van der Waals surface area (Å²) in [6.45, 7) is 5.33. The number of aryl methyl sites for hydroxylation is 1. The lowest BCUT2D eigenvalue weighted by molar-refractivity contribution is -0.141. The zero-order chi connectivity index (χ0) is 21.8. The van der Waals surface area contributed by atoms with E-state index in [1.165, 1.54) is 0 Å². The van der Waals surface area contributed by atoms with Crippen LogP contribution < -0.4 is 10.6 Å². The number of hydrogen-bond acceptors (Lipinski definition) is 3. The Morgan fingerprint density at radius 1 is 1.13 bits per heavy atom. The van der Waals surface area contributed by atoms with Crippen molar-refractivity contribution >= 4 is 35.1 Å². The second kappa shape index (κ2) is 9.00. The molecule has 1 unspecified atom stereocenters. The molecule has 2 amide bonds. The summed E-state index contributed by atoms with van der Waals surface area (Å²) < 4.78 is 1.62. The first kappa shape index (κ1) is 21.4. The highest BCUT2D eigenvalue weighted by molar-refractivity contribution is 6.31. The summed E-state index contributed by atoms with van der Waals surface area (Å²) in [5, 5.41) is 19.8. The fourth-order valence-electron chi connectivity index (χ4n) is 3.05. The van der Waals surface area contributed by atoms with E-state index in [-0.39, 0.29) is 0 Å². The molecule has 1 heterocycles. The molecule has 0 spiro atoms. The van der Waals surface area contributed by atoms with Gasteiger partial charge in [0.1, 0.15) is 5.82 Å². The maximum Gasteiger partial charge on any atom is 0.324 e. The summed E-state index contributed by atoms with van der Waals surface area (Å²) in [4.78, 5) is 23.7. The van der Waals surface area contributed by atoms with E-state index < -0.39 is 17.9 Å². The molecule has 3 rings (SSSR count). The number of hydrogen-bond donors (Lipinski definition) is 3. The molecule has 0 bridgehead atoms. The number of carbonyl (C=O) groups excluding carboxylic acids is 1. The van der Waals surface area contributed by atoms with Gasteiger partial charge in [-0.2, -0.15) is 5.10 Å². The molecule has 1 atom stereocenters. The molecule has 0 radical (unpaired) electrons. The number of rotatable bonds is 6. The Balaban J connectivity index is 1.82.